The van der Waals surface area contributed by atoms with Crippen molar-refractivity contribution in [1.82, 2.24) is 10.3 Å². The van der Waals surface area contributed by atoms with Gasteiger partial charge in [0.2, 0.25) is 5.91 Å². The van der Waals surface area contributed by atoms with Gasteiger partial charge in [0.1, 0.15) is 18.2 Å². The minimum absolute atomic E-state index is 0.0840. The van der Waals surface area contributed by atoms with E-state index in [1.165, 1.54) is 11.3 Å². The molecule has 0 bridgehead atoms. The standard InChI is InChI=1S/C20H19F3N2O3S/c21-20(22,23)13-28-10-15-7-5-14(6-8-15)9-24-18(26)11-27-12-19-25-16-3-1-2-4-17(16)29-19/h1-8H,9-13H2,(H,24,26). The molecule has 29 heavy (non-hydrogen) atoms. The third kappa shape index (κ3) is 7.12. The number of carbonyl (C=O) groups is 1. The van der Waals surface area contributed by atoms with Crippen molar-refractivity contribution in [2.24, 2.45) is 0 Å². The first kappa shape index (κ1) is 21.2. The molecule has 0 radical (unpaired) electrons. The van der Waals surface area contributed by atoms with Gasteiger partial charge in [0.25, 0.3) is 0 Å². The lowest BCUT2D eigenvalue weighted by molar-refractivity contribution is -0.176. The number of aromatic nitrogens is 1. The molecule has 3 aromatic rings. The van der Waals surface area contributed by atoms with Crippen molar-refractivity contribution >= 4 is 27.5 Å². The lowest BCUT2D eigenvalue weighted by atomic mass is 10.1. The Morgan fingerprint density at radius 2 is 1.72 bits per heavy atom. The van der Waals surface area contributed by atoms with Crippen molar-refractivity contribution in [3.05, 3.63) is 64.7 Å². The van der Waals surface area contributed by atoms with E-state index in [1.54, 1.807) is 24.3 Å². The molecule has 0 fully saturated rings. The fourth-order valence-corrected chi connectivity index (χ4v) is 3.41. The molecule has 1 N–H and O–H groups in total. The van der Waals surface area contributed by atoms with Crippen LogP contribution in [0.3, 0.4) is 0 Å². The Bertz CT molecular complexity index is 909. The average molecular weight is 424 g/mol. The molecule has 9 heteroatoms. The first-order chi connectivity index (χ1) is 13.9. The third-order valence-electron chi connectivity index (χ3n) is 3.84. The molecule has 1 amide bonds. The van der Waals surface area contributed by atoms with Crippen molar-refractivity contribution in [3.63, 3.8) is 0 Å². The number of ether oxygens (including phenoxy) is 2. The van der Waals surface area contributed by atoms with Crippen LogP contribution < -0.4 is 5.32 Å². The van der Waals surface area contributed by atoms with Crippen LogP contribution in [0, 0.1) is 0 Å². The van der Waals surface area contributed by atoms with E-state index in [4.69, 9.17) is 4.74 Å². The first-order valence-electron chi connectivity index (χ1n) is 8.80. The summed E-state index contributed by atoms with van der Waals surface area (Å²) >= 11 is 1.53. The number of fused-ring (bicyclic) bond motifs is 1. The van der Waals surface area contributed by atoms with Crippen LogP contribution in [-0.2, 0) is 34.0 Å². The molecule has 2 aromatic carbocycles. The van der Waals surface area contributed by atoms with Gasteiger partial charge < -0.3 is 14.8 Å². The molecule has 5 nitrogen and oxygen atoms in total. The Hall–Kier alpha value is -2.49. The zero-order valence-corrected chi connectivity index (χ0v) is 16.2. The monoisotopic (exact) mass is 424 g/mol. The third-order valence-corrected chi connectivity index (χ3v) is 4.85. The zero-order valence-electron chi connectivity index (χ0n) is 15.4. The zero-order chi connectivity index (χ0) is 20.7. The summed E-state index contributed by atoms with van der Waals surface area (Å²) in [6.07, 6.45) is -4.33. The van der Waals surface area contributed by atoms with E-state index in [2.05, 4.69) is 15.0 Å². The van der Waals surface area contributed by atoms with E-state index in [0.717, 1.165) is 20.8 Å². The van der Waals surface area contributed by atoms with Crippen LogP contribution in [-0.4, -0.2) is 30.3 Å². The van der Waals surface area contributed by atoms with Crippen molar-refractivity contribution in [1.29, 1.82) is 0 Å². The van der Waals surface area contributed by atoms with Gasteiger partial charge in [0, 0.05) is 6.54 Å². The summed E-state index contributed by atoms with van der Waals surface area (Å²) in [5, 5.41) is 3.54. The molecule has 0 aliphatic carbocycles. The molecule has 3 rings (SSSR count). The average Bonchev–Trinajstić information content (AvgIpc) is 3.09. The van der Waals surface area contributed by atoms with E-state index >= 15 is 0 Å². The van der Waals surface area contributed by atoms with Crippen LogP contribution in [0.1, 0.15) is 16.1 Å². The van der Waals surface area contributed by atoms with Gasteiger partial charge in [-0.3, -0.25) is 4.79 Å². The highest BCUT2D eigenvalue weighted by Crippen LogP contribution is 2.21. The highest BCUT2D eigenvalue weighted by Gasteiger charge is 2.27. The molecule has 0 atom stereocenters. The number of halogens is 3. The molecular formula is C20H19F3N2O3S. The number of para-hydroxylation sites is 1. The van der Waals surface area contributed by atoms with Gasteiger partial charge in [-0.2, -0.15) is 13.2 Å². The smallest absolute Gasteiger partial charge is 0.367 e. The molecule has 0 saturated carbocycles. The number of hydrogen-bond acceptors (Lipinski definition) is 5. The number of carbonyl (C=O) groups excluding carboxylic acids is 1. The first-order valence-corrected chi connectivity index (χ1v) is 9.62. The van der Waals surface area contributed by atoms with Gasteiger partial charge >= 0.3 is 6.18 Å². The predicted octanol–water partition coefficient (Wildman–Crippen LogP) is 4.21. The number of benzene rings is 2. The number of nitrogens with zero attached hydrogens (tertiary/aromatic N) is 1. The van der Waals surface area contributed by atoms with E-state index in [9.17, 15) is 18.0 Å². The van der Waals surface area contributed by atoms with Gasteiger partial charge in [-0.25, -0.2) is 4.98 Å². The van der Waals surface area contributed by atoms with Gasteiger partial charge in [-0.15, -0.1) is 11.3 Å². The van der Waals surface area contributed by atoms with Crippen LogP contribution in [0.25, 0.3) is 10.2 Å². The predicted molar refractivity (Wildman–Crippen MR) is 103 cm³/mol. The highest BCUT2D eigenvalue weighted by atomic mass is 32.1. The topological polar surface area (TPSA) is 60.5 Å². The number of amides is 1. The molecule has 154 valence electrons. The van der Waals surface area contributed by atoms with Crippen molar-refractivity contribution in [3.8, 4) is 0 Å². The number of rotatable bonds is 9. The highest BCUT2D eigenvalue weighted by molar-refractivity contribution is 7.18. The van der Waals surface area contributed by atoms with E-state index in [0.29, 0.717) is 12.1 Å². The number of nitrogens with one attached hydrogen (secondary N) is 1. The molecular weight excluding hydrogens is 405 g/mol. The van der Waals surface area contributed by atoms with Crippen LogP contribution in [0.5, 0.6) is 0 Å². The maximum Gasteiger partial charge on any atom is 0.411 e. The quantitative estimate of drug-likeness (QED) is 0.559. The largest absolute Gasteiger partial charge is 0.411 e. The lowest BCUT2D eigenvalue weighted by Crippen LogP contribution is -2.27. The molecule has 0 aliphatic rings. The molecule has 0 spiro atoms. The lowest BCUT2D eigenvalue weighted by Gasteiger charge is -2.09. The minimum Gasteiger partial charge on any atom is -0.367 e. The fraction of sp³-hybridized carbons (Fsp3) is 0.300. The SMILES string of the molecule is O=C(COCc1nc2ccccc2s1)NCc1ccc(COCC(F)(F)F)cc1. The second-order valence-electron chi connectivity index (χ2n) is 6.27. The van der Waals surface area contributed by atoms with E-state index in [1.807, 2.05) is 24.3 Å². The summed E-state index contributed by atoms with van der Waals surface area (Å²) in [5.41, 5.74) is 2.36. The van der Waals surface area contributed by atoms with Crippen molar-refractivity contribution < 1.29 is 27.4 Å². The Balaban J connectivity index is 1.35. The Kier molecular flexibility index (Phi) is 7.18. The summed E-state index contributed by atoms with van der Waals surface area (Å²) in [6, 6.07) is 14.6. The van der Waals surface area contributed by atoms with Crippen LogP contribution >= 0.6 is 11.3 Å². The van der Waals surface area contributed by atoms with Gasteiger partial charge in [0.15, 0.2) is 0 Å². The van der Waals surface area contributed by atoms with Crippen LogP contribution in [0.4, 0.5) is 13.2 Å². The molecule has 0 aliphatic heterocycles. The van der Waals surface area contributed by atoms with E-state index in [-0.39, 0.29) is 25.7 Å². The maximum absolute atomic E-state index is 12.1. The summed E-state index contributed by atoms with van der Waals surface area (Å²) in [5.74, 6) is -0.260. The van der Waals surface area contributed by atoms with Gasteiger partial charge in [-0.05, 0) is 23.3 Å². The summed E-state index contributed by atoms with van der Waals surface area (Å²) in [6.45, 7) is -0.917. The fourth-order valence-electron chi connectivity index (χ4n) is 2.50. The normalized spacial score (nSPS) is 11.7. The molecule has 0 saturated heterocycles. The summed E-state index contributed by atoms with van der Waals surface area (Å²) in [4.78, 5) is 16.3. The number of thiazole rings is 1. The number of hydrogen-bond donors (Lipinski definition) is 1. The Morgan fingerprint density at radius 3 is 2.45 bits per heavy atom. The Labute approximate surface area is 169 Å². The molecule has 1 heterocycles. The van der Waals surface area contributed by atoms with Gasteiger partial charge in [0.05, 0.1) is 23.4 Å². The Morgan fingerprint density at radius 1 is 1.00 bits per heavy atom. The second-order valence-corrected chi connectivity index (χ2v) is 7.38. The van der Waals surface area contributed by atoms with Crippen LogP contribution in [0.2, 0.25) is 0 Å². The molecule has 0 unspecified atom stereocenters. The van der Waals surface area contributed by atoms with E-state index < -0.39 is 12.8 Å². The maximum atomic E-state index is 12.1. The number of alkyl halides is 3. The van der Waals surface area contributed by atoms with Gasteiger partial charge in [-0.1, -0.05) is 36.4 Å². The van der Waals surface area contributed by atoms with Crippen molar-refractivity contribution in [2.75, 3.05) is 13.2 Å². The minimum atomic E-state index is -4.33. The second kappa shape index (κ2) is 9.82. The van der Waals surface area contributed by atoms with Crippen molar-refractivity contribution in [2.45, 2.75) is 25.9 Å². The summed E-state index contributed by atoms with van der Waals surface area (Å²) < 4.78 is 47.3. The summed E-state index contributed by atoms with van der Waals surface area (Å²) in [7, 11) is 0. The van der Waals surface area contributed by atoms with Crippen LogP contribution in [0.15, 0.2) is 48.5 Å². The molecule has 1 aromatic heterocycles.